The van der Waals surface area contributed by atoms with Crippen molar-refractivity contribution < 1.29 is 4.74 Å². The molecule has 1 N–H and O–H groups in total. The van der Waals surface area contributed by atoms with E-state index in [0.717, 1.165) is 32.5 Å². The van der Waals surface area contributed by atoms with Gasteiger partial charge in [0, 0.05) is 25.7 Å². The zero-order chi connectivity index (χ0) is 11.6. The minimum absolute atomic E-state index is 0.578. The number of aromatic nitrogens is 2. The van der Waals surface area contributed by atoms with Crippen LogP contribution in [0.4, 0.5) is 0 Å². The van der Waals surface area contributed by atoms with Crippen LogP contribution in [-0.2, 0) is 18.2 Å². The molecule has 1 aromatic rings. The largest absolute Gasteiger partial charge is 0.380 e. The number of rotatable bonds is 9. The second kappa shape index (κ2) is 8.56. The zero-order valence-electron chi connectivity index (χ0n) is 9.79. The van der Waals surface area contributed by atoms with Gasteiger partial charge in [0.1, 0.15) is 0 Å². The third kappa shape index (κ3) is 6.10. The lowest BCUT2D eigenvalue weighted by molar-refractivity contribution is 0.146. The van der Waals surface area contributed by atoms with Gasteiger partial charge in [-0.25, -0.2) is 0 Å². The van der Waals surface area contributed by atoms with E-state index in [-0.39, 0.29) is 0 Å². The number of halogens is 1. The van der Waals surface area contributed by atoms with Crippen molar-refractivity contribution in [2.24, 2.45) is 7.05 Å². The molecule has 0 saturated carbocycles. The zero-order valence-corrected chi connectivity index (χ0v) is 10.5. The van der Waals surface area contributed by atoms with Crippen LogP contribution in [0.5, 0.6) is 0 Å². The fourth-order valence-electron chi connectivity index (χ4n) is 1.41. The van der Waals surface area contributed by atoms with Gasteiger partial charge in [0.15, 0.2) is 0 Å². The highest BCUT2D eigenvalue weighted by Crippen LogP contribution is 1.95. The molecule has 0 spiro atoms. The predicted molar refractivity (Wildman–Crippen MR) is 65.9 cm³/mol. The minimum Gasteiger partial charge on any atom is -0.380 e. The van der Waals surface area contributed by atoms with E-state index in [1.54, 1.807) is 0 Å². The van der Waals surface area contributed by atoms with Crippen molar-refractivity contribution >= 4 is 11.6 Å². The molecule has 0 aliphatic rings. The van der Waals surface area contributed by atoms with E-state index >= 15 is 0 Å². The van der Waals surface area contributed by atoms with Crippen LogP contribution < -0.4 is 5.32 Å². The summed E-state index contributed by atoms with van der Waals surface area (Å²) < 4.78 is 7.09. The van der Waals surface area contributed by atoms with Gasteiger partial charge in [0.05, 0.1) is 12.8 Å². The van der Waals surface area contributed by atoms with Crippen molar-refractivity contribution in [2.45, 2.75) is 12.8 Å². The fourth-order valence-corrected chi connectivity index (χ4v) is 1.52. The molecular weight excluding hydrogens is 226 g/mol. The SMILES string of the molecule is Cn1cc(CCNCCCOCCCl)cn1. The van der Waals surface area contributed by atoms with E-state index in [0.29, 0.717) is 12.5 Å². The lowest BCUT2D eigenvalue weighted by Gasteiger charge is -2.04. The van der Waals surface area contributed by atoms with Crippen LogP contribution in [-0.4, -0.2) is 42.0 Å². The van der Waals surface area contributed by atoms with E-state index in [1.807, 2.05) is 24.1 Å². The molecule has 92 valence electrons. The van der Waals surface area contributed by atoms with Crippen LogP contribution in [0.2, 0.25) is 0 Å². The maximum absolute atomic E-state index is 5.49. The third-order valence-electron chi connectivity index (χ3n) is 2.21. The lowest BCUT2D eigenvalue weighted by atomic mass is 10.2. The summed E-state index contributed by atoms with van der Waals surface area (Å²) in [5.41, 5.74) is 1.27. The molecule has 0 aliphatic carbocycles. The topological polar surface area (TPSA) is 39.1 Å². The van der Waals surface area contributed by atoms with Crippen molar-refractivity contribution in [1.82, 2.24) is 15.1 Å². The molecule has 0 fully saturated rings. The van der Waals surface area contributed by atoms with E-state index < -0.39 is 0 Å². The number of ether oxygens (including phenoxy) is 1. The summed E-state index contributed by atoms with van der Waals surface area (Å²) >= 11 is 5.49. The number of nitrogens with one attached hydrogen (secondary N) is 1. The normalized spacial score (nSPS) is 10.9. The first kappa shape index (κ1) is 13.5. The molecule has 0 unspecified atom stereocenters. The maximum atomic E-state index is 5.49. The Labute approximate surface area is 102 Å². The Morgan fingerprint density at radius 2 is 2.31 bits per heavy atom. The first-order valence-corrected chi connectivity index (χ1v) is 6.18. The van der Waals surface area contributed by atoms with Crippen molar-refractivity contribution in [3.63, 3.8) is 0 Å². The van der Waals surface area contributed by atoms with Crippen LogP contribution >= 0.6 is 11.6 Å². The summed E-state index contributed by atoms with van der Waals surface area (Å²) in [6.07, 6.45) is 6.01. The fraction of sp³-hybridized carbons (Fsp3) is 0.727. The monoisotopic (exact) mass is 245 g/mol. The first-order chi connectivity index (χ1) is 7.83. The highest BCUT2D eigenvalue weighted by atomic mass is 35.5. The molecule has 16 heavy (non-hydrogen) atoms. The van der Waals surface area contributed by atoms with Gasteiger partial charge < -0.3 is 10.1 Å². The summed E-state index contributed by atoms with van der Waals surface area (Å²) in [5, 5.41) is 7.49. The van der Waals surface area contributed by atoms with Crippen molar-refractivity contribution in [1.29, 1.82) is 0 Å². The molecule has 0 aliphatic heterocycles. The smallest absolute Gasteiger partial charge is 0.0601 e. The summed E-state index contributed by atoms with van der Waals surface area (Å²) in [7, 11) is 1.94. The second-order valence-electron chi connectivity index (χ2n) is 3.68. The van der Waals surface area contributed by atoms with Crippen LogP contribution in [0.25, 0.3) is 0 Å². The van der Waals surface area contributed by atoms with Crippen LogP contribution in [0.3, 0.4) is 0 Å². The maximum Gasteiger partial charge on any atom is 0.0601 e. The highest BCUT2D eigenvalue weighted by molar-refractivity contribution is 6.17. The van der Waals surface area contributed by atoms with Gasteiger partial charge in [-0.05, 0) is 31.5 Å². The Bertz CT molecular complexity index is 278. The highest BCUT2D eigenvalue weighted by Gasteiger charge is 1.95. The number of hydrogen-bond acceptors (Lipinski definition) is 3. The summed E-state index contributed by atoms with van der Waals surface area (Å²) in [6.45, 7) is 3.41. The second-order valence-corrected chi connectivity index (χ2v) is 4.06. The van der Waals surface area contributed by atoms with Gasteiger partial charge in [-0.1, -0.05) is 0 Å². The quantitative estimate of drug-likeness (QED) is 0.525. The van der Waals surface area contributed by atoms with Crippen LogP contribution in [0, 0.1) is 0 Å². The van der Waals surface area contributed by atoms with Gasteiger partial charge in [-0.3, -0.25) is 4.68 Å². The molecular formula is C11H20ClN3O. The third-order valence-corrected chi connectivity index (χ3v) is 2.37. The Morgan fingerprint density at radius 1 is 1.44 bits per heavy atom. The minimum atomic E-state index is 0.578. The standard InChI is InChI=1S/C11H20ClN3O/c1-15-10-11(9-14-15)3-6-13-5-2-7-16-8-4-12/h9-10,13H,2-8H2,1H3. The summed E-state index contributed by atoms with van der Waals surface area (Å²) in [5.74, 6) is 0.578. The van der Waals surface area contributed by atoms with Gasteiger partial charge in [0.2, 0.25) is 0 Å². The van der Waals surface area contributed by atoms with Crippen molar-refractivity contribution in [2.75, 3.05) is 32.2 Å². The molecule has 0 bridgehead atoms. The Kier molecular flexibility index (Phi) is 7.21. The van der Waals surface area contributed by atoms with Gasteiger partial charge in [-0.15, -0.1) is 11.6 Å². The Morgan fingerprint density at radius 3 is 3.00 bits per heavy atom. The lowest BCUT2D eigenvalue weighted by Crippen LogP contribution is -2.19. The van der Waals surface area contributed by atoms with Crippen LogP contribution in [0.15, 0.2) is 12.4 Å². The van der Waals surface area contributed by atoms with Gasteiger partial charge >= 0.3 is 0 Å². The van der Waals surface area contributed by atoms with Crippen molar-refractivity contribution in [3.8, 4) is 0 Å². The predicted octanol–water partition coefficient (Wildman–Crippen LogP) is 1.20. The average molecular weight is 246 g/mol. The number of alkyl halides is 1. The van der Waals surface area contributed by atoms with E-state index in [9.17, 15) is 0 Å². The molecule has 1 aromatic heterocycles. The molecule has 1 rings (SSSR count). The summed E-state index contributed by atoms with van der Waals surface area (Å²) in [4.78, 5) is 0. The number of nitrogens with zero attached hydrogens (tertiary/aromatic N) is 2. The Balaban J connectivity index is 1.88. The molecule has 0 aromatic carbocycles. The van der Waals surface area contributed by atoms with E-state index in [1.165, 1.54) is 5.56 Å². The Hall–Kier alpha value is -0.580. The van der Waals surface area contributed by atoms with Crippen molar-refractivity contribution in [3.05, 3.63) is 18.0 Å². The molecule has 4 nitrogen and oxygen atoms in total. The number of aryl methyl sites for hydroxylation is 1. The molecule has 0 saturated heterocycles. The molecule has 1 heterocycles. The van der Waals surface area contributed by atoms with Crippen LogP contribution in [0.1, 0.15) is 12.0 Å². The molecule has 0 radical (unpaired) electrons. The van der Waals surface area contributed by atoms with E-state index in [4.69, 9.17) is 16.3 Å². The molecule has 5 heteroatoms. The average Bonchev–Trinajstić information content (AvgIpc) is 2.68. The first-order valence-electron chi connectivity index (χ1n) is 5.65. The van der Waals surface area contributed by atoms with E-state index in [2.05, 4.69) is 10.4 Å². The van der Waals surface area contributed by atoms with Gasteiger partial charge in [0.25, 0.3) is 0 Å². The number of hydrogen-bond donors (Lipinski definition) is 1. The summed E-state index contributed by atoms with van der Waals surface area (Å²) in [6, 6.07) is 0. The molecule has 0 amide bonds. The molecule has 0 atom stereocenters. The van der Waals surface area contributed by atoms with Gasteiger partial charge in [-0.2, -0.15) is 5.10 Å².